The normalized spacial score (nSPS) is 10.1. The van der Waals surface area contributed by atoms with E-state index in [9.17, 15) is 4.79 Å². The van der Waals surface area contributed by atoms with Crippen LogP contribution in [0.2, 0.25) is 0 Å². The summed E-state index contributed by atoms with van der Waals surface area (Å²) >= 11 is 3.31. The summed E-state index contributed by atoms with van der Waals surface area (Å²) in [7, 11) is 0. The molecule has 0 atom stereocenters. The highest BCUT2D eigenvalue weighted by Gasteiger charge is 2.02. The Morgan fingerprint density at radius 1 is 1.54 bits per heavy atom. The number of Topliss-reactive ketones (excluding diaryl/α,β-unsaturated/α-hetero) is 1. The fourth-order valence-electron chi connectivity index (χ4n) is 1.15. The Bertz CT molecular complexity index is 321. The molecule has 0 fully saturated rings. The third-order valence-electron chi connectivity index (χ3n) is 1.73. The molecule has 1 aromatic rings. The zero-order valence-corrected chi connectivity index (χ0v) is 8.97. The van der Waals surface area contributed by atoms with Gasteiger partial charge in [-0.3, -0.25) is 4.79 Å². The largest absolute Gasteiger partial charge is 0.392 e. The van der Waals surface area contributed by atoms with E-state index >= 15 is 0 Å². The lowest BCUT2D eigenvalue weighted by molar-refractivity contribution is -0.116. The van der Waals surface area contributed by atoms with Crippen molar-refractivity contribution < 1.29 is 9.90 Å². The standard InChI is InChI=1S/C10H11BrO2/c1-7(13)4-8-2-3-10(11)9(5-8)6-12/h2-3,5,12H,4,6H2,1H3. The van der Waals surface area contributed by atoms with E-state index in [1.807, 2.05) is 18.2 Å². The molecule has 0 aliphatic carbocycles. The summed E-state index contributed by atoms with van der Waals surface area (Å²) in [5.41, 5.74) is 1.76. The maximum absolute atomic E-state index is 10.8. The smallest absolute Gasteiger partial charge is 0.134 e. The fourth-order valence-corrected chi connectivity index (χ4v) is 1.52. The van der Waals surface area contributed by atoms with Gasteiger partial charge in [0.05, 0.1) is 6.61 Å². The molecule has 0 amide bonds. The summed E-state index contributed by atoms with van der Waals surface area (Å²) in [6.07, 6.45) is 0.431. The van der Waals surface area contributed by atoms with Crippen LogP contribution in [0.4, 0.5) is 0 Å². The number of halogens is 1. The quantitative estimate of drug-likeness (QED) is 0.882. The van der Waals surface area contributed by atoms with E-state index in [4.69, 9.17) is 5.11 Å². The van der Waals surface area contributed by atoms with Crippen LogP contribution in [-0.4, -0.2) is 10.9 Å². The van der Waals surface area contributed by atoms with Gasteiger partial charge < -0.3 is 5.11 Å². The Hall–Kier alpha value is -0.670. The van der Waals surface area contributed by atoms with Crippen molar-refractivity contribution in [3.05, 3.63) is 33.8 Å². The molecule has 0 bridgehead atoms. The molecule has 0 aliphatic heterocycles. The Balaban J connectivity index is 2.92. The van der Waals surface area contributed by atoms with Crippen LogP contribution in [0.15, 0.2) is 22.7 Å². The highest BCUT2D eigenvalue weighted by Crippen LogP contribution is 2.18. The summed E-state index contributed by atoms with van der Waals surface area (Å²) in [6.45, 7) is 1.55. The van der Waals surface area contributed by atoms with Gasteiger partial charge in [0, 0.05) is 10.9 Å². The monoisotopic (exact) mass is 242 g/mol. The molecule has 1 aromatic carbocycles. The molecule has 1 N–H and O–H groups in total. The second kappa shape index (κ2) is 4.53. The van der Waals surface area contributed by atoms with Crippen molar-refractivity contribution in [2.24, 2.45) is 0 Å². The molecule has 0 unspecified atom stereocenters. The maximum Gasteiger partial charge on any atom is 0.134 e. The Kier molecular flexibility index (Phi) is 3.63. The fraction of sp³-hybridized carbons (Fsp3) is 0.300. The van der Waals surface area contributed by atoms with E-state index in [1.54, 1.807) is 6.92 Å². The molecule has 0 saturated heterocycles. The molecule has 2 nitrogen and oxygen atoms in total. The third kappa shape index (κ3) is 2.94. The molecule has 13 heavy (non-hydrogen) atoms. The minimum atomic E-state index is -0.00761. The lowest BCUT2D eigenvalue weighted by atomic mass is 10.1. The van der Waals surface area contributed by atoms with E-state index in [-0.39, 0.29) is 12.4 Å². The van der Waals surface area contributed by atoms with Gasteiger partial charge in [-0.15, -0.1) is 0 Å². The molecule has 3 heteroatoms. The summed E-state index contributed by atoms with van der Waals surface area (Å²) in [6, 6.07) is 5.57. The SMILES string of the molecule is CC(=O)Cc1ccc(Br)c(CO)c1. The van der Waals surface area contributed by atoms with Crippen LogP contribution < -0.4 is 0 Å². The molecule has 0 radical (unpaired) electrons. The number of hydrogen-bond acceptors (Lipinski definition) is 2. The number of hydrogen-bond donors (Lipinski definition) is 1. The average Bonchev–Trinajstić information content (AvgIpc) is 2.07. The minimum absolute atomic E-state index is 0.00761. The van der Waals surface area contributed by atoms with Gasteiger partial charge in [0.25, 0.3) is 0 Å². The summed E-state index contributed by atoms with van der Waals surface area (Å²) in [5.74, 6) is 0.131. The van der Waals surface area contributed by atoms with Crippen LogP contribution in [0.25, 0.3) is 0 Å². The topological polar surface area (TPSA) is 37.3 Å². The van der Waals surface area contributed by atoms with Crippen molar-refractivity contribution in [2.45, 2.75) is 20.0 Å². The van der Waals surface area contributed by atoms with Crippen molar-refractivity contribution in [3.8, 4) is 0 Å². The second-order valence-corrected chi connectivity index (χ2v) is 3.82. The summed E-state index contributed by atoms with van der Waals surface area (Å²) in [5, 5.41) is 8.96. The number of benzene rings is 1. The van der Waals surface area contributed by atoms with Crippen molar-refractivity contribution in [1.29, 1.82) is 0 Å². The van der Waals surface area contributed by atoms with Crippen LogP contribution >= 0.6 is 15.9 Å². The molecule has 70 valence electrons. The zero-order chi connectivity index (χ0) is 9.84. The maximum atomic E-state index is 10.8. The number of aliphatic hydroxyl groups excluding tert-OH is 1. The van der Waals surface area contributed by atoms with Gasteiger partial charge in [-0.2, -0.15) is 0 Å². The molecular formula is C10H11BrO2. The van der Waals surface area contributed by atoms with Crippen LogP contribution in [0, 0.1) is 0 Å². The van der Waals surface area contributed by atoms with Gasteiger partial charge in [-0.05, 0) is 24.1 Å². The molecule has 0 aliphatic rings. The van der Waals surface area contributed by atoms with Crippen LogP contribution in [0.1, 0.15) is 18.1 Å². The molecule has 0 saturated carbocycles. The van der Waals surface area contributed by atoms with Gasteiger partial charge in [-0.25, -0.2) is 0 Å². The van der Waals surface area contributed by atoms with Gasteiger partial charge in [0.2, 0.25) is 0 Å². The Morgan fingerprint density at radius 3 is 2.77 bits per heavy atom. The first-order chi connectivity index (χ1) is 6.13. The Labute approximate surface area is 85.7 Å². The van der Waals surface area contributed by atoms with Crippen molar-refractivity contribution in [1.82, 2.24) is 0 Å². The van der Waals surface area contributed by atoms with Crippen molar-refractivity contribution in [3.63, 3.8) is 0 Å². The van der Waals surface area contributed by atoms with E-state index in [0.29, 0.717) is 6.42 Å². The van der Waals surface area contributed by atoms with E-state index < -0.39 is 0 Å². The predicted octanol–water partition coefficient (Wildman–Crippen LogP) is 2.07. The summed E-state index contributed by atoms with van der Waals surface area (Å²) in [4.78, 5) is 10.8. The Morgan fingerprint density at radius 2 is 2.23 bits per heavy atom. The molecule has 0 heterocycles. The summed E-state index contributed by atoms with van der Waals surface area (Å²) < 4.78 is 0.877. The van der Waals surface area contributed by atoms with E-state index in [2.05, 4.69) is 15.9 Å². The lowest BCUT2D eigenvalue weighted by Crippen LogP contribution is -1.97. The first-order valence-corrected chi connectivity index (χ1v) is 4.80. The van der Waals surface area contributed by atoms with Gasteiger partial charge in [-0.1, -0.05) is 28.1 Å². The molecular weight excluding hydrogens is 232 g/mol. The number of aliphatic hydroxyl groups is 1. The number of carbonyl (C=O) groups excluding carboxylic acids is 1. The number of rotatable bonds is 3. The number of carbonyl (C=O) groups is 1. The highest BCUT2D eigenvalue weighted by atomic mass is 79.9. The van der Waals surface area contributed by atoms with Crippen LogP contribution in [0.3, 0.4) is 0 Å². The highest BCUT2D eigenvalue weighted by molar-refractivity contribution is 9.10. The van der Waals surface area contributed by atoms with Gasteiger partial charge >= 0.3 is 0 Å². The van der Waals surface area contributed by atoms with Crippen LogP contribution in [-0.2, 0) is 17.8 Å². The molecule has 0 spiro atoms. The first kappa shape index (κ1) is 10.4. The van der Waals surface area contributed by atoms with E-state index in [0.717, 1.165) is 15.6 Å². The second-order valence-electron chi connectivity index (χ2n) is 2.96. The third-order valence-corrected chi connectivity index (χ3v) is 2.51. The number of ketones is 1. The van der Waals surface area contributed by atoms with E-state index in [1.165, 1.54) is 0 Å². The van der Waals surface area contributed by atoms with Gasteiger partial charge in [0.1, 0.15) is 5.78 Å². The van der Waals surface area contributed by atoms with Crippen LogP contribution in [0.5, 0.6) is 0 Å². The predicted molar refractivity (Wildman–Crippen MR) is 54.4 cm³/mol. The van der Waals surface area contributed by atoms with Crippen molar-refractivity contribution >= 4 is 21.7 Å². The van der Waals surface area contributed by atoms with Crippen molar-refractivity contribution in [2.75, 3.05) is 0 Å². The first-order valence-electron chi connectivity index (χ1n) is 4.01. The molecule has 1 rings (SSSR count). The van der Waals surface area contributed by atoms with Gasteiger partial charge in [0.15, 0.2) is 0 Å². The zero-order valence-electron chi connectivity index (χ0n) is 7.38. The lowest BCUT2D eigenvalue weighted by Gasteiger charge is -2.03. The average molecular weight is 243 g/mol. The molecule has 0 aromatic heterocycles. The minimum Gasteiger partial charge on any atom is -0.392 e.